The third-order valence-corrected chi connectivity index (χ3v) is 2.81. The fourth-order valence-corrected chi connectivity index (χ4v) is 2.22. The van der Waals surface area contributed by atoms with Gasteiger partial charge in [0.05, 0.1) is 6.61 Å². The average Bonchev–Trinajstić information content (AvgIpc) is 2.53. The van der Waals surface area contributed by atoms with Crippen molar-refractivity contribution in [2.75, 3.05) is 6.61 Å². The molecule has 0 saturated heterocycles. The molecule has 1 fully saturated rings. The molecule has 0 radical (unpaired) electrons. The fraction of sp³-hybridized carbons (Fsp3) is 0.667. The van der Waals surface area contributed by atoms with Gasteiger partial charge in [0.1, 0.15) is 0 Å². The first kappa shape index (κ1) is 7.04. The highest BCUT2D eigenvalue weighted by atomic mass is 16.3. The molecule has 60 valence electrons. The van der Waals surface area contributed by atoms with Crippen molar-refractivity contribution >= 4 is 5.78 Å². The van der Waals surface area contributed by atoms with Crippen LogP contribution in [0.1, 0.15) is 19.3 Å². The topological polar surface area (TPSA) is 37.3 Å². The van der Waals surface area contributed by atoms with Crippen molar-refractivity contribution in [1.82, 2.24) is 0 Å². The van der Waals surface area contributed by atoms with E-state index < -0.39 is 0 Å². The van der Waals surface area contributed by atoms with Crippen LogP contribution in [0, 0.1) is 11.8 Å². The first-order chi connectivity index (χ1) is 5.33. The Kier molecular flexibility index (Phi) is 1.57. The summed E-state index contributed by atoms with van der Waals surface area (Å²) in [5.74, 6) is 0.900. The molecule has 0 bridgehead atoms. The van der Waals surface area contributed by atoms with Crippen molar-refractivity contribution in [3.8, 4) is 0 Å². The number of hydrogen-bond acceptors (Lipinski definition) is 2. The molecule has 0 aliphatic heterocycles. The van der Waals surface area contributed by atoms with E-state index in [-0.39, 0.29) is 18.3 Å². The lowest BCUT2D eigenvalue weighted by molar-refractivity contribution is -0.119. The molecule has 2 atom stereocenters. The molecular formula is C9H12O2. The zero-order valence-corrected chi connectivity index (χ0v) is 6.42. The molecular weight excluding hydrogens is 140 g/mol. The van der Waals surface area contributed by atoms with Crippen molar-refractivity contribution in [3.63, 3.8) is 0 Å². The largest absolute Gasteiger partial charge is 0.392 e. The minimum Gasteiger partial charge on any atom is -0.392 e. The monoisotopic (exact) mass is 152 g/mol. The number of carbonyl (C=O) groups is 1. The summed E-state index contributed by atoms with van der Waals surface area (Å²) in [6.45, 7) is -0.0637. The van der Waals surface area contributed by atoms with E-state index in [9.17, 15) is 4.79 Å². The van der Waals surface area contributed by atoms with E-state index in [0.29, 0.717) is 11.5 Å². The van der Waals surface area contributed by atoms with Crippen molar-refractivity contribution in [2.24, 2.45) is 11.8 Å². The third-order valence-electron chi connectivity index (χ3n) is 2.81. The highest BCUT2D eigenvalue weighted by molar-refractivity contribution is 6.00. The quantitative estimate of drug-likeness (QED) is 0.606. The van der Waals surface area contributed by atoms with E-state index in [0.717, 1.165) is 12.8 Å². The van der Waals surface area contributed by atoms with E-state index in [1.54, 1.807) is 0 Å². The van der Waals surface area contributed by atoms with Crippen molar-refractivity contribution in [1.29, 1.82) is 0 Å². The van der Waals surface area contributed by atoms with Gasteiger partial charge in [-0.1, -0.05) is 12.5 Å². The van der Waals surface area contributed by atoms with E-state index in [1.807, 2.05) is 6.08 Å². The predicted molar refractivity (Wildman–Crippen MR) is 41.0 cm³/mol. The van der Waals surface area contributed by atoms with Crippen LogP contribution >= 0.6 is 0 Å². The number of hydrogen-bond donors (Lipinski definition) is 1. The van der Waals surface area contributed by atoms with Gasteiger partial charge in [-0.25, -0.2) is 0 Å². The Labute approximate surface area is 65.9 Å². The molecule has 0 heterocycles. The smallest absolute Gasteiger partial charge is 0.164 e. The normalized spacial score (nSPS) is 35.7. The average molecular weight is 152 g/mol. The summed E-state index contributed by atoms with van der Waals surface area (Å²) in [4.78, 5) is 11.4. The summed E-state index contributed by atoms with van der Waals surface area (Å²) in [5, 5.41) is 8.80. The van der Waals surface area contributed by atoms with Crippen LogP contribution in [0.5, 0.6) is 0 Å². The maximum atomic E-state index is 11.4. The number of carbonyl (C=O) groups excluding carboxylic acids is 1. The van der Waals surface area contributed by atoms with Crippen LogP contribution in [0.3, 0.4) is 0 Å². The summed E-state index contributed by atoms with van der Waals surface area (Å²) >= 11 is 0. The number of Topliss-reactive ketones (excluding diaryl/α,β-unsaturated/α-hetero) is 1. The lowest BCUT2D eigenvalue weighted by atomic mass is 9.98. The van der Waals surface area contributed by atoms with Gasteiger partial charge in [0.25, 0.3) is 0 Å². The molecule has 0 aromatic rings. The Bertz CT molecular complexity index is 218. The molecule has 11 heavy (non-hydrogen) atoms. The van der Waals surface area contributed by atoms with Crippen LogP contribution in [0.2, 0.25) is 0 Å². The number of ketones is 1. The third kappa shape index (κ3) is 0.932. The van der Waals surface area contributed by atoms with Gasteiger partial charge in [0.15, 0.2) is 5.78 Å². The van der Waals surface area contributed by atoms with Crippen molar-refractivity contribution < 1.29 is 9.90 Å². The summed E-state index contributed by atoms with van der Waals surface area (Å²) < 4.78 is 0. The summed E-state index contributed by atoms with van der Waals surface area (Å²) in [6, 6.07) is 0. The van der Waals surface area contributed by atoms with Gasteiger partial charge in [-0.2, -0.15) is 0 Å². The maximum absolute atomic E-state index is 11.4. The van der Waals surface area contributed by atoms with Crippen molar-refractivity contribution in [2.45, 2.75) is 19.3 Å². The lowest BCUT2D eigenvalue weighted by Crippen LogP contribution is -2.12. The molecule has 0 amide bonds. The van der Waals surface area contributed by atoms with Gasteiger partial charge in [-0.15, -0.1) is 0 Å². The minimum absolute atomic E-state index is 0.0637. The minimum atomic E-state index is -0.0637. The van der Waals surface area contributed by atoms with Gasteiger partial charge in [-0.05, 0) is 18.8 Å². The zero-order valence-electron chi connectivity index (χ0n) is 6.42. The van der Waals surface area contributed by atoms with Crippen LogP contribution in [-0.2, 0) is 4.79 Å². The lowest BCUT2D eigenvalue weighted by Gasteiger charge is -2.04. The number of fused-ring (bicyclic) bond motifs is 1. The van der Waals surface area contributed by atoms with Gasteiger partial charge < -0.3 is 5.11 Å². The van der Waals surface area contributed by atoms with E-state index in [2.05, 4.69) is 0 Å². The molecule has 2 aliphatic rings. The summed E-state index contributed by atoms with van der Waals surface area (Å²) in [6.07, 6.45) is 5.32. The highest BCUT2D eigenvalue weighted by Gasteiger charge is 2.38. The van der Waals surface area contributed by atoms with E-state index >= 15 is 0 Å². The SMILES string of the molecule is O=C1C(CO)=CC2CCCC12. The van der Waals surface area contributed by atoms with Gasteiger partial charge in [-0.3, -0.25) is 4.79 Å². The first-order valence-corrected chi connectivity index (χ1v) is 4.18. The number of aliphatic hydroxyl groups is 1. The Morgan fingerprint density at radius 3 is 3.00 bits per heavy atom. The van der Waals surface area contributed by atoms with Crippen LogP contribution in [-0.4, -0.2) is 17.5 Å². The van der Waals surface area contributed by atoms with Gasteiger partial charge in [0.2, 0.25) is 0 Å². The standard InChI is InChI=1S/C9H12O2/c10-5-7-4-6-2-1-3-8(6)9(7)11/h4,6,8,10H,1-3,5H2. The summed E-state index contributed by atoms with van der Waals surface area (Å²) in [7, 11) is 0. The van der Waals surface area contributed by atoms with Crippen LogP contribution < -0.4 is 0 Å². The van der Waals surface area contributed by atoms with Crippen LogP contribution in [0.15, 0.2) is 11.6 Å². The molecule has 2 rings (SSSR count). The highest BCUT2D eigenvalue weighted by Crippen LogP contribution is 2.40. The summed E-state index contributed by atoms with van der Waals surface area (Å²) in [5.41, 5.74) is 0.653. The molecule has 1 N–H and O–H groups in total. The molecule has 1 saturated carbocycles. The second-order valence-electron chi connectivity index (χ2n) is 3.42. The number of allylic oxidation sites excluding steroid dienone is 1. The fourth-order valence-electron chi connectivity index (χ4n) is 2.22. The Morgan fingerprint density at radius 2 is 2.36 bits per heavy atom. The molecule has 2 nitrogen and oxygen atoms in total. The van der Waals surface area contributed by atoms with Crippen LogP contribution in [0.4, 0.5) is 0 Å². The molecule has 2 unspecified atom stereocenters. The Balaban J connectivity index is 2.22. The van der Waals surface area contributed by atoms with Gasteiger partial charge >= 0.3 is 0 Å². The van der Waals surface area contributed by atoms with Crippen molar-refractivity contribution in [3.05, 3.63) is 11.6 Å². The number of rotatable bonds is 1. The van der Waals surface area contributed by atoms with Crippen LogP contribution in [0.25, 0.3) is 0 Å². The van der Waals surface area contributed by atoms with Gasteiger partial charge in [0, 0.05) is 11.5 Å². The molecule has 0 aromatic carbocycles. The Morgan fingerprint density at radius 1 is 1.55 bits per heavy atom. The molecule has 0 spiro atoms. The Hall–Kier alpha value is -0.630. The van der Waals surface area contributed by atoms with E-state index in [1.165, 1.54) is 6.42 Å². The second-order valence-corrected chi connectivity index (χ2v) is 3.42. The van der Waals surface area contributed by atoms with E-state index in [4.69, 9.17) is 5.11 Å². The number of aliphatic hydroxyl groups excluding tert-OH is 1. The molecule has 2 heteroatoms. The first-order valence-electron chi connectivity index (χ1n) is 4.18. The molecule has 2 aliphatic carbocycles. The zero-order chi connectivity index (χ0) is 7.84. The predicted octanol–water partition coefficient (Wildman–Crippen LogP) is 0.904. The molecule has 0 aromatic heterocycles. The maximum Gasteiger partial charge on any atom is 0.164 e. The second kappa shape index (κ2) is 2.45.